The van der Waals surface area contributed by atoms with Crippen molar-refractivity contribution in [1.29, 1.82) is 0 Å². The van der Waals surface area contributed by atoms with E-state index in [9.17, 15) is 0 Å². The molecule has 0 bridgehead atoms. The monoisotopic (exact) mass is 252 g/mol. The normalized spacial score (nSPS) is 12.6. The average molecular weight is 252 g/mol. The molecular weight excluding hydrogens is 228 g/mol. The van der Waals surface area contributed by atoms with Gasteiger partial charge in [-0.15, -0.1) is 0 Å². The van der Waals surface area contributed by atoms with E-state index in [2.05, 4.69) is 54.1 Å². The van der Waals surface area contributed by atoms with Gasteiger partial charge in [0.1, 0.15) is 0 Å². The largest absolute Gasteiger partial charge is 0.315 e. The van der Waals surface area contributed by atoms with Crippen LogP contribution in [-0.4, -0.2) is 31.6 Å². The number of benzene rings is 1. The highest BCUT2D eigenvalue weighted by Crippen LogP contribution is 2.02. The van der Waals surface area contributed by atoms with Crippen LogP contribution in [0, 0.1) is 5.92 Å². The molecule has 1 aromatic rings. The summed E-state index contributed by atoms with van der Waals surface area (Å²) in [6.07, 6.45) is 2.16. The van der Waals surface area contributed by atoms with Crippen LogP contribution in [0.1, 0.15) is 12.5 Å². The molecule has 0 aliphatic heterocycles. The van der Waals surface area contributed by atoms with Crippen LogP contribution in [0.25, 0.3) is 0 Å². The first-order valence-corrected chi connectivity index (χ1v) is 7.66. The van der Waals surface area contributed by atoms with Crippen molar-refractivity contribution < 1.29 is 0 Å². The molecule has 0 aromatic heterocycles. The van der Waals surface area contributed by atoms with Crippen LogP contribution in [0.5, 0.6) is 0 Å². The van der Waals surface area contributed by atoms with Crippen LogP contribution in [0.4, 0.5) is 0 Å². The minimum atomic E-state index is 0.763. The number of rotatable bonds is 9. The first-order chi connectivity index (χ1) is 8.33. The number of thioether (sulfide) groups is 1. The molecule has 96 valence electrons. The third kappa shape index (κ3) is 7.42. The average Bonchev–Trinajstić information content (AvgIpc) is 2.35. The Labute approximate surface area is 110 Å². The topological polar surface area (TPSA) is 24.1 Å². The summed E-state index contributed by atoms with van der Waals surface area (Å²) in [5, 5.41) is 6.92. The van der Waals surface area contributed by atoms with Gasteiger partial charge in [-0.2, -0.15) is 11.8 Å². The van der Waals surface area contributed by atoms with Crippen molar-refractivity contribution in [2.75, 3.05) is 31.6 Å². The van der Waals surface area contributed by atoms with Crippen LogP contribution in [0.15, 0.2) is 30.3 Å². The lowest BCUT2D eigenvalue weighted by Crippen LogP contribution is -2.30. The standard InChI is InChI=1S/C14H24N2S/c1-13(12-17-2)10-15-8-9-16-11-14-6-4-3-5-7-14/h3-7,13,15-16H,8-12H2,1-2H3. The van der Waals surface area contributed by atoms with Crippen molar-refractivity contribution in [3.8, 4) is 0 Å². The van der Waals surface area contributed by atoms with Gasteiger partial charge in [-0.1, -0.05) is 37.3 Å². The highest BCUT2D eigenvalue weighted by Gasteiger charge is 1.99. The molecule has 1 rings (SSSR count). The molecule has 0 fully saturated rings. The summed E-state index contributed by atoms with van der Waals surface area (Å²) in [7, 11) is 0. The van der Waals surface area contributed by atoms with Crippen molar-refractivity contribution >= 4 is 11.8 Å². The maximum Gasteiger partial charge on any atom is 0.0206 e. The van der Waals surface area contributed by atoms with E-state index >= 15 is 0 Å². The Morgan fingerprint density at radius 2 is 1.82 bits per heavy atom. The zero-order chi connectivity index (χ0) is 12.3. The SMILES string of the molecule is CSCC(C)CNCCNCc1ccccc1. The maximum atomic E-state index is 3.48. The number of hydrogen-bond donors (Lipinski definition) is 2. The zero-order valence-corrected chi connectivity index (χ0v) is 11.7. The van der Waals surface area contributed by atoms with Crippen molar-refractivity contribution in [2.45, 2.75) is 13.5 Å². The van der Waals surface area contributed by atoms with E-state index in [0.29, 0.717) is 0 Å². The van der Waals surface area contributed by atoms with Gasteiger partial charge in [-0.25, -0.2) is 0 Å². The molecular formula is C14H24N2S. The Morgan fingerprint density at radius 3 is 2.53 bits per heavy atom. The highest BCUT2D eigenvalue weighted by molar-refractivity contribution is 7.98. The van der Waals surface area contributed by atoms with Gasteiger partial charge in [0, 0.05) is 19.6 Å². The van der Waals surface area contributed by atoms with Crippen molar-refractivity contribution in [3.63, 3.8) is 0 Å². The lowest BCUT2D eigenvalue weighted by Gasteiger charge is -2.11. The lowest BCUT2D eigenvalue weighted by molar-refractivity contribution is 0.540. The van der Waals surface area contributed by atoms with Crippen molar-refractivity contribution in [3.05, 3.63) is 35.9 Å². The summed E-state index contributed by atoms with van der Waals surface area (Å²) in [5.74, 6) is 2.00. The van der Waals surface area contributed by atoms with E-state index in [4.69, 9.17) is 0 Å². The smallest absolute Gasteiger partial charge is 0.0206 e. The molecule has 0 amide bonds. The molecule has 0 heterocycles. The molecule has 0 radical (unpaired) electrons. The zero-order valence-electron chi connectivity index (χ0n) is 10.9. The lowest BCUT2D eigenvalue weighted by atomic mass is 10.2. The fourth-order valence-corrected chi connectivity index (χ4v) is 2.38. The van der Waals surface area contributed by atoms with E-state index in [1.54, 1.807) is 0 Å². The van der Waals surface area contributed by atoms with E-state index in [1.807, 2.05) is 11.8 Å². The summed E-state index contributed by atoms with van der Waals surface area (Å²) in [6.45, 7) is 6.45. The Balaban J connectivity index is 1.95. The molecule has 2 nitrogen and oxygen atoms in total. The van der Waals surface area contributed by atoms with Gasteiger partial charge >= 0.3 is 0 Å². The minimum Gasteiger partial charge on any atom is -0.315 e. The fourth-order valence-electron chi connectivity index (χ4n) is 1.70. The van der Waals surface area contributed by atoms with E-state index in [0.717, 1.165) is 32.1 Å². The summed E-state index contributed by atoms with van der Waals surface area (Å²) in [4.78, 5) is 0. The van der Waals surface area contributed by atoms with Crippen molar-refractivity contribution in [2.24, 2.45) is 5.92 Å². The van der Waals surface area contributed by atoms with Gasteiger partial charge in [0.05, 0.1) is 0 Å². The molecule has 0 aliphatic rings. The molecule has 0 spiro atoms. The van der Waals surface area contributed by atoms with Gasteiger partial charge in [0.25, 0.3) is 0 Å². The van der Waals surface area contributed by atoms with Gasteiger partial charge in [-0.3, -0.25) is 0 Å². The highest BCUT2D eigenvalue weighted by atomic mass is 32.2. The molecule has 0 saturated heterocycles. The van der Waals surface area contributed by atoms with Gasteiger partial charge < -0.3 is 10.6 Å². The number of hydrogen-bond acceptors (Lipinski definition) is 3. The number of nitrogens with one attached hydrogen (secondary N) is 2. The predicted octanol–water partition coefficient (Wildman–Crippen LogP) is 2.36. The van der Waals surface area contributed by atoms with Gasteiger partial charge in [0.15, 0.2) is 0 Å². The van der Waals surface area contributed by atoms with Gasteiger partial charge in [-0.05, 0) is 30.0 Å². The molecule has 3 heteroatoms. The summed E-state index contributed by atoms with van der Waals surface area (Å²) in [5.41, 5.74) is 1.35. The Bertz CT molecular complexity index is 277. The summed E-state index contributed by atoms with van der Waals surface area (Å²) in [6, 6.07) is 10.5. The van der Waals surface area contributed by atoms with Crippen LogP contribution in [0.3, 0.4) is 0 Å². The summed E-state index contributed by atoms with van der Waals surface area (Å²) < 4.78 is 0. The molecule has 1 aromatic carbocycles. The third-order valence-electron chi connectivity index (χ3n) is 2.59. The quantitative estimate of drug-likeness (QED) is 0.660. The van der Waals surface area contributed by atoms with Crippen LogP contribution in [0.2, 0.25) is 0 Å². The second-order valence-electron chi connectivity index (χ2n) is 4.43. The third-order valence-corrected chi connectivity index (χ3v) is 3.50. The van der Waals surface area contributed by atoms with Crippen LogP contribution >= 0.6 is 11.8 Å². The first-order valence-electron chi connectivity index (χ1n) is 6.27. The second-order valence-corrected chi connectivity index (χ2v) is 5.34. The van der Waals surface area contributed by atoms with Crippen LogP contribution < -0.4 is 10.6 Å². The Hall–Kier alpha value is -0.510. The minimum absolute atomic E-state index is 0.763. The molecule has 0 aliphatic carbocycles. The van der Waals surface area contributed by atoms with Crippen molar-refractivity contribution in [1.82, 2.24) is 10.6 Å². The molecule has 0 saturated carbocycles. The predicted molar refractivity (Wildman–Crippen MR) is 78.6 cm³/mol. The van der Waals surface area contributed by atoms with E-state index < -0.39 is 0 Å². The molecule has 1 unspecified atom stereocenters. The van der Waals surface area contributed by atoms with E-state index in [-0.39, 0.29) is 0 Å². The second kappa shape index (κ2) is 9.51. The first kappa shape index (κ1) is 14.6. The molecule has 2 N–H and O–H groups in total. The van der Waals surface area contributed by atoms with E-state index in [1.165, 1.54) is 11.3 Å². The molecule has 1 atom stereocenters. The Morgan fingerprint density at radius 1 is 1.12 bits per heavy atom. The van der Waals surface area contributed by atoms with Crippen LogP contribution in [-0.2, 0) is 6.54 Å². The Kier molecular flexibility index (Phi) is 8.14. The van der Waals surface area contributed by atoms with Gasteiger partial charge in [0.2, 0.25) is 0 Å². The fraction of sp³-hybridized carbons (Fsp3) is 0.571. The summed E-state index contributed by atoms with van der Waals surface area (Å²) >= 11 is 1.92. The molecule has 17 heavy (non-hydrogen) atoms. The maximum absolute atomic E-state index is 3.48.